The van der Waals surface area contributed by atoms with Gasteiger partial charge in [0.15, 0.2) is 0 Å². The van der Waals surface area contributed by atoms with Crippen molar-refractivity contribution in [3.63, 3.8) is 0 Å². The van der Waals surface area contributed by atoms with E-state index in [-0.39, 0.29) is 18.4 Å². The maximum Gasteiger partial charge on any atom is 0.120 e. The molecule has 2 aromatic rings. The molecule has 2 rings (SSSR count). The molecule has 0 amide bonds. The minimum Gasteiger partial charge on any atom is -0.508 e. The summed E-state index contributed by atoms with van der Waals surface area (Å²) in [6.07, 6.45) is 0. The topological polar surface area (TPSA) is 52.5 Å². The number of rotatable bonds is 4. The van der Waals surface area contributed by atoms with E-state index in [0.717, 1.165) is 22.4 Å². The molecular weight excluding hydrogens is 238 g/mol. The van der Waals surface area contributed by atoms with E-state index in [1.807, 2.05) is 50.2 Å². The van der Waals surface area contributed by atoms with Gasteiger partial charge < -0.3 is 15.5 Å². The Kier molecular flexibility index (Phi) is 4.07. The summed E-state index contributed by atoms with van der Waals surface area (Å²) >= 11 is 0. The lowest BCUT2D eigenvalue weighted by Crippen LogP contribution is -2.09. The van der Waals surface area contributed by atoms with Gasteiger partial charge in [0.05, 0.1) is 12.6 Å². The Balaban J connectivity index is 2.25. The van der Waals surface area contributed by atoms with E-state index in [0.29, 0.717) is 0 Å². The fraction of sp³-hybridized carbons (Fsp3) is 0.250. The summed E-state index contributed by atoms with van der Waals surface area (Å²) in [5, 5.41) is 22.6. The zero-order valence-electron chi connectivity index (χ0n) is 11.2. The Morgan fingerprint density at radius 3 is 2.63 bits per heavy atom. The molecule has 3 N–H and O–H groups in total. The first-order valence-corrected chi connectivity index (χ1v) is 6.36. The lowest BCUT2D eigenvalue weighted by molar-refractivity contribution is 0.282. The van der Waals surface area contributed by atoms with E-state index in [1.54, 1.807) is 6.07 Å². The maximum absolute atomic E-state index is 9.92. The van der Waals surface area contributed by atoms with E-state index in [9.17, 15) is 10.2 Å². The van der Waals surface area contributed by atoms with Gasteiger partial charge in [0, 0.05) is 16.8 Å². The van der Waals surface area contributed by atoms with Crippen LogP contribution in [0.1, 0.15) is 29.7 Å². The number of benzene rings is 2. The molecule has 0 bridgehead atoms. The number of aliphatic hydroxyl groups excluding tert-OH is 1. The molecule has 1 atom stereocenters. The highest BCUT2D eigenvalue weighted by Gasteiger charge is 2.11. The van der Waals surface area contributed by atoms with Crippen LogP contribution in [0.3, 0.4) is 0 Å². The number of phenols is 1. The highest BCUT2D eigenvalue weighted by atomic mass is 16.3. The van der Waals surface area contributed by atoms with Crippen LogP contribution in [0.15, 0.2) is 42.5 Å². The molecule has 0 aromatic heterocycles. The van der Waals surface area contributed by atoms with E-state index in [1.165, 1.54) is 0 Å². The number of anilines is 1. The molecule has 0 heterocycles. The van der Waals surface area contributed by atoms with Crippen LogP contribution in [0.25, 0.3) is 0 Å². The van der Waals surface area contributed by atoms with Gasteiger partial charge in [-0.05, 0) is 26.0 Å². The number of nitrogens with one attached hydrogen (secondary N) is 1. The van der Waals surface area contributed by atoms with Gasteiger partial charge in [-0.25, -0.2) is 0 Å². The summed E-state index contributed by atoms with van der Waals surface area (Å²) in [4.78, 5) is 0. The third-order valence-electron chi connectivity index (χ3n) is 3.21. The molecule has 0 aliphatic heterocycles. The standard InChI is InChI=1S/C16H19NO2/c1-11-7-8-16(19)14(9-11)12(2)17-15-6-4-3-5-13(15)10-18/h3-9,12,17-19H,10H2,1-2H3. The Bertz CT molecular complexity index is 566. The van der Waals surface area contributed by atoms with Crippen LogP contribution < -0.4 is 5.32 Å². The SMILES string of the molecule is Cc1ccc(O)c(C(C)Nc2ccccc2CO)c1. The first kappa shape index (κ1) is 13.4. The third-order valence-corrected chi connectivity index (χ3v) is 3.21. The zero-order valence-corrected chi connectivity index (χ0v) is 11.2. The Labute approximate surface area is 113 Å². The maximum atomic E-state index is 9.92. The van der Waals surface area contributed by atoms with Gasteiger partial charge in [0.2, 0.25) is 0 Å². The molecule has 0 spiro atoms. The van der Waals surface area contributed by atoms with E-state index >= 15 is 0 Å². The molecule has 3 nitrogen and oxygen atoms in total. The molecule has 0 aliphatic carbocycles. The largest absolute Gasteiger partial charge is 0.508 e. The van der Waals surface area contributed by atoms with Crippen LogP contribution in [0.5, 0.6) is 5.75 Å². The summed E-state index contributed by atoms with van der Waals surface area (Å²) in [5.74, 6) is 0.284. The molecule has 1 unspecified atom stereocenters. The molecule has 0 fully saturated rings. The van der Waals surface area contributed by atoms with Crippen molar-refractivity contribution in [3.05, 3.63) is 59.2 Å². The Morgan fingerprint density at radius 1 is 1.16 bits per heavy atom. The molecular formula is C16H19NO2. The number of hydrogen-bond acceptors (Lipinski definition) is 3. The summed E-state index contributed by atoms with van der Waals surface area (Å²) in [6.45, 7) is 3.98. The first-order valence-electron chi connectivity index (χ1n) is 6.36. The Hall–Kier alpha value is -2.00. The summed E-state index contributed by atoms with van der Waals surface area (Å²) < 4.78 is 0. The average molecular weight is 257 g/mol. The monoisotopic (exact) mass is 257 g/mol. The number of aryl methyl sites for hydroxylation is 1. The van der Waals surface area contributed by atoms with Crippen molar-refractivity contribution in [1.82, 2.24) is 0 Å². The van der Waals surface area contributed by atoms with E-state index in [4.69, 9.17) is 0 Å². The second-order valence-corrected chi connectivity index (χ2v) is 4.74. The average Bonchev–Trinajstić information content (AvgIpc) is 2.42. The van der Waals surface area contributed by atoms with Gasteiger partial charge in [0.1, 0.15) is 5.75 Å². The fourth-order valence-corrected chi connectivity index (χ4v) is 2.13. The molecule has 3 heteroatoms. The second-order valence-electron chi connectivity index (χ2n) is 4.74. The zero-order chi connectivity index (χ0) is 13.8. The normalized spacial score (nSPS) is 12.2. The van der Waals surface area contributed by atoms with Crippen LogP contribution in [-0.2, 0) is 6.61 Å². The highest BCUT2D eigenvalue weighted by Crippen LogP contribution is 2.28. The molecule has 0 saturated carbocycles. The van der Waals surface area contributed by atoms with Crippen LogP contribution in [0.4, 0.5) is 5.69 Å². The van der Waals surface area contributed by atoms with Crippen molar-refractivity contribution in [2.45, 2.75) is 26.5 Å². The predicted molar refractivity (Wildman–Crippen MR) is 77.2 cm³/mol. The number of hydrogen-bond donors (Lipinski definition) is 3. The molecule has 19 heavy (non-hydrogen) atoms. The predicted octanol–water partition coefficient (Wildman–Crippen LogP) is 3.37. The lowest BCUT2D eigenvalue weighted by atomic mass is 10.0. The van der Waals surface area contributed by atoms with Crippen molar-refractivity contribution in [2.24, 2.45) is 0 Å². The number of phenolic OH excluding ortho intramolecular Hbond substituents is 1. The van der Waals surface area contributed by atoms with Crippen molar-refractivity contribution >= 4 is 5.69 Å². The van der Waals surface area contributed by atoms with Crippen molar-refractivity contribution < 1.29 is 10.2 Å². The molecule has 2 aromatic carbocycles. The van der Waals surface area contributed by atoms with Crippen LogP contribution in [0, 0.1) is 6.92 Å². The summed E-state index contributed by atoms with van der Waals surface area (Å²) in [7, 11) is 0. The van der Waals surface area contributed by atoms with Crippen LogP contribution in [-0.4, -0.2) is 10.2 Å². The first-order chi connectivity index (χ1) is 9.11. The smallest absolute Gasteiger partial charge is 0.120 e. The molecule has 0 aliphatic rings. The number of para-hydroxylation sites is 1. The fourth-order valence-electron chi connectivity index (χ4n) is 2.13. The number of aromatic hydroxyl groups is 1. The molecule has 0 saturated heterocycles. The van der Waals surface area contributed by atoms with Gasteiger partial charge in [-0.3, -0.25) is 0 Å². The van der Waals surface area contributed by atoms with E-state index < -0.39 is 0 Å². The van der Waals surface area contributed by atoms with Gasteiger partial charge in [0.25, 0.3) is 0 Å². The number of aliphatic hydroxyl groups is 1. The summed E-state index contributed by atoms with van der Waals surface area (Å²) in [5.41, 5.74) is 3.70. The van der Waals surface area contributed by atoms with Crippen LogP contribution in [0.2, 0.25) is 0 Å². The minimum absolute atomic E-state index is 0.00427. The van der Waals surface area contributed by atoms with Crippen molar-refractivity contribution in [2.75, 3.05) is 5.32 Å². The van der Waals surface area contributed by atoms with Gasteiger partial charge in [-0.2, -0.15) is 0 Å². The van der Waals surface area contributed by atoms with Gasteiger partial charge in [-0.15, -0.1) is 0 Å². The molecule has 100 valence electrons. The van der Waals surface area contributed by atoms with Gasteiger partial charge >= 0.3 is 0 Å². The summed E-state index contributed by atoms with van der Waals surface area (Å²) in [6, 6.07) is 13.1. The lowest BCUT2D eigenvalue weighted by Gasteiger charge is -2.19. The van der Waals surface area contributed by atoms with Gasteiger partial charge in [-0.1, -0.05) is 35.9 Å². The van der Waals surface area contributed by atoms with Crippen molar-refractivity contribution in [1.29, 1.82) is 0 Å². The van der Waals surface area contributed by atoms with Crippen molar-refractivity contribution in [3.8, 4) is 5.75 Å². The third kappa shape index (κ3) is 3.06. The van der Waals surface area contributed by atoms with E-state index in [2.05, 4.69) is 5.32 Å². The highest BCUT2D eigenvalue weighted by molar-refractivity contribution is 5.53. The second kappa shape index (κ2) is 5.76. The minimum atomic E-state index is -0.0346. The Morgan fingerprint density at radius 2 is 1.89 bits per heavy atom. The molecule has 0 radical (unpaired) electrons. The van der Waals surface area contributed by atoms with Crippen LogP contribution >= 0.6 is 0 Å². The quantitative estimate of drug-likeness (QED) is 0.787.